The van der Waals surface area contributed by atoms with Gasteiger partial charge in [-0.3, -0.25) is 9.59 Å². The molecule has 2 rings (SSSR count). The van der Waals surface area contributed by atoms with Crippen LogP contribution in [0.25, 0.3) is 0 Å². The second kappa shape index (κ2) is 7.48. The van der Waals surface area contributed by atoms with Gasteiger partial charge in [-0.25, -0.2) is 0 Å². The molecule has 1 aromatic rings. The third-order valence-electron chi connectivity index (χ3n) is 3.39. The Labute approximate surface area is 119 Å². The minimum atomic E-state index is -0.111. The number of allylic oxidation sites excluding steroid dienone is 2. The van der Waals surface area contributed by atoms with Gasteiger partial charge in [0.25, 0.3) is 5.91 Å². The fourth-order valence-electron chi connectivity index (χ4n) is 2.23. The van der Waals surface area contributed by atoms with Crippen molar-refractivity contribution in [3.05, 3.63) is 48.0 Å². The normalized spacial score (nSPS) is 17.5. The van der Waals surface area contributed by atoms with Crippen molar-refractivity contribution >= 4 is 11.8 Å². The highest BCUT2D eigenvalue weighted by atomic mass is 16.2. The third kappa shape index (κ3) is 4.23. The van der Waals surface area contributed by atoms with Gasteiger partial charge in [-0.2, -0.15) is 0 Å². The summed E-state index contributed by atoms with van der Waals surface area (Å²) in [5.74, 6) is 0.0635. The lowest BCUT2D eigenvalue weighted by Crippen LogP contribution is -2.37. The van der Waals surface area contributed by atoms with Gasteiger partial charge in [-0.05, 0) is 31.4 Å². The lowest BCUT2D eigenvalue weighted by Gasteiger charge is -2.17. The molecule has 20 heavy (non-hydrogen) atoms. The summed E-state index contributed by atoms with van der Waals surface area (Å²) in [5, 5.41) is 5.66. The SMILES string of the molecule is O=C(NCCNC(=O)C1CC=CCC1)c1ccccc1. The van der Waals surface area contributed by atoms with E-state index in [1.54, 1.807) is 12.1 Å². The molecule has 0 heterocycles. The Bertz CT molecular complexity index is 483. The first-order valence-corrected chi connectivity index (χ1v) is 7.03. The predicted molar refractivity (Wildman–Crippen MR) is 78.3 cm³/mol. The molecule has 1 unspecified atom stereocenters. The Morgan fingerprint density at radius 3 is 2.50 bits per heavy atom. The van der Waals surface area contributed by atoms with Crippen LogP contribution in [0.15, 0.2) is 42.5 Å². The number of rotatable bonds is 5. The molecule has 2 amide bonds. The van der Waals surface area contributed by atoms with E-state index in [1.807, 2.05) is 18.2 Å². The first-order chi connectivity index (χ1) is 9.77. The summed E-state index contributed by atoms with van der Waals surface area (Å²) in [7, 11) is 0. The summed E-state index contributed by atoms with van der Waals surface area (Å²) in [6.45, 7) is 0.916. The van der Waals surface area contributed by atoms with Gasteiger partial charge in [0.15, 0.2) is 0 Å². The zero-order valence-corrected chi connectivity index (χ0v) is 11.5. The van der Waals surface area contributed by atoms with E-state index >= 15 is 0 Å². The maximum Gasteiger partial charge on any atom is 0.251 e. The third-order valence-corrected chi connectivity index (χ3v) is 3.39. The lowest BCUT2D eigenvalue weighted by atomic mass is 9.94. The maximum absolute atomic E-state index is 11.9. The summed E-state index contributed by atoms with van der Waals surface area (Å²) in [5.41, 5.74) is 0.635. The largest absolute Gasteiger partial charge is 0.354 e. The maximum atomic E-state index is 11.9. The second-order valence-corrected chi connectivity index (χ2v) is 4.89. The summed E-state index contributed by atoms with van der Waals surface area (Å²) in [6, 6.07) is 9.06. The molecule has 1 atom stereocenters. The number of carbonyl (C=O) groups is 2. The van der Waals surface area contributed by atoms with Crippen molar-refractivity contribution in [3.8, 4) is 0 Å². The fourth-order valence-corrected chi connectivity index (χ4v) is 2.23. The molecule has 0 fully saturated rings. The molecule has 0 saturated carbocycles. The predicted octanol–water partition coefficient (Wildman–Crippen LogP) is 1.89. The van der Waals surface area contributed by atoms with E-state index in [0.29, 0.717) is 18.7 Å². The van der Waals surface area contributed by atoms with Crippen LogP contribution in [-0.2, 0) is 4.79 Å². The molecule has 4 heteroatoms. The van der Waals surface area contributed by atoms with E-state index < -0.39 is 0 Å². The van der Waals surface area contributed by atoms with Crippen LogP contribution in [0, 0.1) is 5.92 Å². The van der Waals surface area contributed by atoms with Gasteiger partial charge in [0, 0.05) is 24.6 Å². The second-order valence-electron chi connectivity index (χ2n) is 4.89. The van der Waals surface area contributed by atoms with Crippen LogP contribution < -0.4 is 10.6 Å². The smallest absolute Gasteiger partial charge is 0.251 e. The summed E-state index contributed by atoms with van der Waals surface area (Å²) in [4.78, 5) is 23.6. The van der Waals surface area contributed by atoms with Crippen molar-refractivity contribution in [1.82, 2.24) is 10.6 Å². The average molecular weight is 272 g/mol. The van der Waals surface area contributed by atoms with Gasteiger partial charge in [0.2, 0.25) is 5.91 Å². The summed E-state index contributed by atoms with van der Waals surface area (Å²) in [6.07, 6.45) is 6.89. The highest BCUT2D eigenvalue weighted by molar-refractivity contribution is 5.94. The van der Waals surface area contributed by atoms with Crippen molar-refractivity contribution in [3.63, 3.8) is 0 Å². The zero-order chi connectivity index (χ0) is 14.2. The minimum Gasteiger partial charge on any atom is -0.354 e. The Morgan fingerprint density at radius 2 is 1.80 bits per heavy atom. The highest BCUT2D eigenvalue weighted by Crippen LogP contribution is 2.17. The van der Waals surface area contributed by atoms with Gasteiger partial charge < -0.3 is 10.6 Å². The molecule has 0 aliphatic heterocycles. The Hall–Kier alpha value is -2.10. The van der Waals surface area contributed by atoms with E-state index in [4.69, 9.17) is 0 Å². The molecular weight excluding hydrogens is 252 g/mol. The van der Waals surface area contributed by atoms with Gasteiger partial charge in [-0.1, -0.05) is 30.4 Å². The number of carbonyl (C=O) groups excluding carboxylic acids is 2. The molecule has 0 radical (unpaired) electrons. The van der Waals surface area contributed by atoms with Crippen molar-refractivity contribution < 1.29 is 9.59 Å². The Balaban J connectivity index is 1.65. The van der Waals surface area contributed by atoms with E-state index in [-0.39, 0.29) is 17.7 Å². The molecule has 0 saturated heterocycles. The van der Waals surface area contributed by atoms with E-state index in [9.17, 15) is 9.59 Å². The van der Waals surface area contributed by atoms with Crippen LogP contribution in [0.4, 0.5) is 0 Å². The molecule has 1 aliphatic rings. The van der Waals surface area contributed by atoms with Gasteiger partial charge in [0.1, 0.15) is 0 Å². The first kappa shape index (κ1) is 14.3. The van der Waals surface area contributed by atoms with Crippen LogP contribution in [0.3, 0.4) is 0 Å². The fraction of sp³-hybridized carbons (Fsp3) is 0.375. The van der Waals surface area contributed by atoms with Crippen LogP contribution >= 0.6 is 0 Å². The van der Waals surface area contributed by atoms with Crippen LogP contribution in [0.1, 0.15) is 29.6 Å². The van der Waals surface area contributed by atoms with E-state index in [0.717, 1.165) is 19.3 Å². The van der Waals surface area contributed by atoms with Gasteiger partial charge in [0.05, 0.1) is 0 Å². The molecule has 0 spiro atoms. The standard InChI is InChI=1S/C16H20N2O2/c19-15(13-7-3-1-4-8-13)17-11-12-18-16(20)14-9-5-2-6-10-14/h1-5,7-8,14H,6,9-12H2,(H,17,19)(H,18,20). The number of hydrogen-bond donors (Lipinski definition) is 2. The Morgan fingerprint density at radius 1 is 1.05 bits per heavy atom. The number of hydrogen-bond acceptors (Lipinski definition) is 2. The van der Waals surface area contributed by atoms with E-state index in [2.05, 4.69) is 22.8 Å². The molecule has 0 aromatic heterocycles. The van der Waals surface area contributed by atoms with Crippen molar-refractivity contribution in [2.24, 2.45) is 5.92 Å². The molecule has 1 aromatic carbocycles. The number of nitrogens with one attached hydrogen (secondary N) is 2. The molecule has 2 N–H and O–H groups in total. The van der Waals surface area contributed by atoms with Crippen LogP contribution in [-0.4, -0.2) is 24.9 Å². The van der Waals surface area contributed by atoms with Crippen LogP contribution in [0.5, 0.6) is 0 Å². The number of amides is 2. The summed E-state index contributed by atoms with van der Waals surface area (Å²) < 4.78 is 0. The van der Waals surface area contributed by atoms with Crippen LogP contribution in [0.2, 0.25) is 0 Å². The van der Waals surface area contributed by atoms with E-state index in [1.165, 1.54) is 0 Å². The first-order valence-electron chi connectivity index (χ1n) is 7.03. The monoisotopic (exact) mass is 272 g/mol. The van der Waals surface area contributed by atoms with Crippen molar-refractivity contribution in [1.29, 1.82) is 0 Å². The molecule has 106 valence electrons. The quantitative estimate of drug-likeness (QED) is 0.635. The molecule has 1 aliphatic carbocycles. The van der Waals surface area contributed by atoms with Gasteiger partial charge in [-0.15, -0.1) is 0 Å². The summed E-state index contributed by atoms with van der Waals surface area (Å²) >= 11 is 0. The molecular formula is C16H20N2O2. The lowest BCUT2D eigenvalue weighted by molar-refractivity contribution is -0.125. The topological polar surface area (TPSA) is 58.2 Å². The number of benzene rings is 1. The minimum absolute atomic E-state index is 0.0864. The highest BCUT2D eigenvalue weighted by Gasteiger charge is 2.17. The van der Waals surface area contributed by atoms with Crippen molar-refractivity contribution in [2.75, 3.05) is 13.1 Å². The zero-order valence-electron chi connectivity index (χ0n) is 11.5. The Kier molecular flexibility index (Phi) is 5.35. The average Bonchev–Trinajstić information content (AvgIpc) is 2.53. The molecule has 0 bridgehead atoms. The van der Waals surface area contributed by atoms with Gasteiger partial charge >= 0.3 is 0 Å². The molecule has 4 nitrogen and oxygen atoms in total. The van der Waals surface area contributed by atoms with Crippen molar-refractivity contribution in [2.45, 2.75) is 19.3 Å².